The smallest absolute Gasteiger partial charge is 0.240 e. The van der Waals surface area contributed by atoms with Gasteiger partial charge in [-0.1, -0.05) is 35.8 Å². The van der Waals surface area contributed by atoms with Crippen LogP contribution in [0.25, 0.3) is 0 Å². The molecule has 12 heavy (non-hydrogen) atoms. The summed E-state index contributed by atoms with van der Waals surface area (Å²) in [7, 11) is 2.00. The van der Waals surface area contributed by atoms with Crippen LogP contribution in [-0.2, 0) is 0 Å². The standard InChI is InChI=1S/C9H8BN2/c1-2-4-8(5-3-1)10-9-11-6-7-12-9/h1-7H,(H,11,12). The zero-order valence-corrected chi connectivity index (χ0v) is 6.57. The number of aromatic nitrogens is 2. The van der Waals surface area contributed by atoms with Gasteiger partial charge < -0.3 is 4.98 Å². The van der Waals surface area contributed by atoms with E-state index in [4.69, 9.17) is 0 Å². The minimum absolute atomic E-state index is 0.890. The van der Waals surface area contributed by atoms with E-state index >= 15 is 0 Å². The Morgan fingerprint density at radius 3 is 2.67 bits per heavy atom. The highest BCUT2D eigenvalue weighted by atomic mass is 14.9. The van der Waals surface area contributed by atoms with Crippen LogP contribution in [0.3, 0.4) is 0 Å². The molecule has 1 aromatic heterocycles. The lowest BCUT2D eigenvalue weighted by Gasteiger charge is -1.93. The van der Waals surface area contributed by atoms with Crippen molar-refractivity contribution in [1.29, 1.82) is 0 Å². The van der Waals surface area contributed by atoms with Gasteiger partial charge in [0.1, 0.15) is 0 Å². The van der Waals surface area contributed by atoms with Crippen LogP contribution in [-0.4, -0.2) is 17.2 Å². The third-order valence-corrected chi connectivity index (χ3v) is 1.62. The Morgan fingerprint density at radius 1 is 1.17 bits per heavy atom. The fraction of sp³-hybridized carbons (Fsp3) is 0. The lowest BCUT2D eigenvalue weighted by molar-refractivity contribution is 1.40. The van der Waals surface area contributed by atoms with Gasteiger partial charge in [-0.25, -0.2) is 0 Å². The minimum atomic E-state index is 0.890. The first-order chi connectivity index (χ1) is 5.95. The molecule has 0 unspecified atom stereocenters. The van der Waals surface area contributed by atoms with Crippen molar-refractivity contribution in [2.45, 2.75) is 0 Å². The summed E-state index contributed by atoms with van der Waals surface area (Å²) in [5.41, 5.74) is 2.05. The highest BCUT2D eigenvalue weighted by molar-refractivity contribution is 6.65. The molecule has 0 aliphatic heterocycles. The molecule has 1 N–H and O–H groups in total. The van der Waals surface area contributed by atoms with E-state index in [9.17, 15) is 0 Å². The fourth-order valence-electron chi connectivity index (χ4n) is 1.06. The molecule has 1 radical (unpaired) electrons. The van der Waals surface area contributed by atoms with Gasteiger partial charge in [-0.05, 0) is 0 Å². The van der Waals surface area contributed by atoms with Crippen LogP contribution in [0, 0.1) is 0 Å². The van der Waals surface area contributed by atoms with Crippen LogP contribution in [0.4, 0.5) is 0 Å². The van der Waals surface area contributed by atoms with Gasteiger partial charge in [-0.15, -0.1) is 0 Å². The summed E-state index contributed by atoms with van der Waals surface area (Å²) in [6.45, 7) is 0. The Kier molecular flexibility index (Phi) is 1.95. The van der Waals surface area contributed by atoms with Crippen molar-refractivity contribution in [3.05, 3.63) is 42.7 Å². The Hall–Kier alpha value is -1.51. The Labute approximate surface area is 71.9 Å². The normalized spacial score (nSPS) is 9.67. The number of nitrogens with one attached hydrogen (secondary N) is 1. The third-order valence-electron chi connectivity index (χ3n) is 1.62. The van der Waals surface area contributed by atoms with E-state index in [-0.39, 0.29) is 0 Å². The second kappa shape index (κ2) is 3.26. The molecule has 1 heterocycles. The van der Waals surface area contributed by atoms with Crippen molar-refractivity contribution in [2.75, 3.05) is 0 Å². The van der Waals surface area contributed by atoms with Crippen LogP contribution in [0.1, 0.15) is 0 Å². The second-order valence-corrected chi connectivity index (χ2v) is 2.53. The Bertz CT molecular complexity index is 329. The molecule has 1 aromatic carbocycles. The lowest BCUT2D eigenvalue weighted by Crippen LogP contribution is -2.29. The first-order valence-electron chi connectivity index (χ1n) is 3.84. The van der Waals surface area contributed by atoms with Crippen LogP contribution < -0.4 is 11.2 Å². The second-order valence-electron chi connectivity index (χ2n) is 2.53. The summed E-state index contributed by atoms with van der Waals surface area (Å²) < 4.78 is 0. The molecule has 0 aliphatic rings. The van der Waals surface area contributed by atoms with E-state index in [0.717, 1.165) is 11.2 Å². The maximum Gasteiger partial charge on any atom is 0.240 e. The lowest BCUT2D eigenvalue weighted by atomic mass is 9.70. The van der Waals surface area contributed by atoms with E-state index in [0.29, 0.717) is 0 Å². The summed E-state index contributed by atoms with van der Waals surface area (Å²) in [6.07, 6.45) is 3.56. The fourth-order valence-corrected chi connectivity index (χ4v) is 1.06. The summed E-state index contributed by atoms with van der Waals surface area (Å²) in [5.74, 6) is 0. The van der Waals surface area contributed by atoms with Crippen molar-refractivity contribution in [1.82, 2.24) is 9.97 Å². The zero-order chi connectivity index (χ0) is 8.23. The number of H-pyrrole nitrogens is 1. The first-order valence-corrected chi connectivity index (χ1v) is 3.84. The number of rotatable bonds is 2. The molecule has 2 aromatic rings. The quantitative estimate of drug-likeness (QED) is 0.610. The van der Waals surface area contributed by atoms with Gasteiger partial charge in [0.05, 0.1) is 5.72 Å². The molecule has 0 bridgehead atoms. The number of benzene rings is 1. The summed E-state index contributed by atoms with van der Waals surface area (Å²) in [5, 5.41) is 0. The molecule has 0 aliphatic carbocycles. The molecule has 0 fully saturated rings. The number of imidazole rings is 1. The average Bonchev–Trinajstić information content (AvgIpc) is 2.59. The molecule has 0 saturated heterocycles. The number of aromatic amines is 1. The molecule has 0 spiro atoms. The van der Waals surface area contributed by atoms with Gasteiger partial charge in [0.2, 0.25) is 7.28 Å². The Morgan fingerprint density at radius 2 is 2.00 bits per heavy atom. The number of hydrogen-bond acceptors (Lipinski definition) is 1. The van der Waals surface area contributed by atoms with Crippen molar-refractivity contribution in [3.8, 4) is 0 Å². The van der Waals surface area contributed by atoms with E-state index in [1.807, 2.05) is 43.8 Å². The van der Waals surface area contributed by atoms with Gasteiger partial charge in [0.25, 0.3) is 0 Å². The molecule has 0 atom stereocenters. The average molecular weight is 155 g/mol. The van der Waals surface area contributed by atoms with Crippen LogP contribution in [0.5, 0.6) is 0 Å². The van der Waals surface area contributed by atoms with Crippen LogP contribution >= 0.6 is 0 Å². The molecular formula is C9H8BN2. The summed E-state index contributed by atoms with van der Waals surface area (Å²) in [6, 6.07) is 10.1. The number of hydrogen-bond donors (Lipinski definition) is 1. The summed E-state index contributed by atoms with van der Waals surface area (Å²) in [4.78, 5) is 7.12. The Balaban J connectivity index is 2.15. The highest BCUT2D eigenvalue weighted by Gasteiger charge is 1.98. The molecule has 0 saturated carbocycles. The maximum absolute atomic E-state index is 4.10. The minimum Gasteiger partial charge on any atom is -0.357 e. The van der Waals surface area contributed by atoms with Gasteiger partial charge >= 0.3 is 0 Å². The molecule has 2 rings (SSSR count). The van der Waals surface area contributed by atoms with Gasteiger partial charge in [0, 0.05) is 12.4 Å². The monoisotopic (exact) mass is 155 g/mol. The summed E-state index contributed by atoms with van der Waals surface area (Å²) >= 11 is 0. The molecular weight excluding hydrogens is 147 g/mol. The number of nitrogens with zero attached hydrogens (tertiary/aromatic N) is 1. The van der Waals surface area contributed by atoms with E-state index in [1.165, 1.54) is 0 Å². The zero-order valence-electron chi connectivity index (χ0n) is 6.57. The highest BCUT2D eigenvalue weighted by Crippen LogP contribution is 1.80. The van der Waals surface area contributed by atoms with Gasteiger partial charge in [-0.2, -0.15) is 0 Å². The first kappa shape index (κ1) is 7.16. The third kappa shape index (κ3) is 1.56. The van der Waals surface area contributed by atoms with Crippen LogP contribution in [0.2, 0.25) is 0 Å². The van der Waals surface area contributed by atoms with Crippen LogP contribution in [0.15, 0.2) is 42.7 Å². The van der Waals surface area contributed by atoms with Crippen molar-refractivity contribution in [3.63, 3.8) is 0 Å². The van der Waals surface area contributed by atoms with Gasteiger partial charge in [0.15, 0.2) is 0 Å². The van der Waals surface area contributed by atoms with E-state index in [2.05, 4.69) is 9.97 Å². The topological polar surface area (TPSA) is 28.7 Å². The largest absolute Gasteiger partial charge is 0.357 e. The molecule has 57 valence electrons. The predicted molar refractivity (Wildman–Crippen MR) is 50.1 cm³/mol. The van der Waals surface area contributed by atoms with E-state index < -0.39 is 0 Å². The maximum atomic E-state index is 4.10. The van der Waals surface area contributed by atoms with Crippen molar-refractivity contribution >= 4 is 18.5 Å². The SMILES string of the molecule is [B](c1ccccc1)c1ncc[nH]1. The molecule has 0 amide bonds. The predicted octanol–water partition coefficient (Wildman–Crippen LogP) is 0.0647. The van der Waals surface area contributed by atoms with Crippen molar-refractivity contribution < 1.29 is 0 Å². The van der Waals surface area contributed by atoms with Gasteiger partial charge in [-0.3, -0.25) is 4.98 Å². The van der Waals surface area contributed by atoms with E-state index in [1.54, 1.807) is 6.20 Å². The molecule has 2 nitrogen and oxygen atoms in total. The molecule has 3 heteroatoms. The van der Waals surface area contributed by atoms with Crippen molar-refractivity contribution in [2.24, 2.45) is 0 Å².